The standard InChI is InChI=1S/C16H24ClN3O4S/c1-12(7-11-24-2)19-16(21)13-5-9-20(10-6-13)25(22,23)14-4-3-8-18-15(14)17/h3-4,8,12-13H,5-7,9-11H2,1-2H3,(H,19,21). The number of amides is 1. The zero-order valence-corrected chi connectivity index (χ0v) is 16.0. The number of carbonyl (C=O) groups excluding carboxylic acids is 1. The Morgan fingerprint density at radius 2 is 2.16 bits per heavy atom. The lowest BCUT2D eigenvalue weighted by atomic mass is 9.97. The van der Waals surface area contributed by atoms with Gasteiger partial charge >= 0.3 is 0 Å². The molecule has 25 heavy (non-hydrogen) atoms. The van der Waals surface area contributed by atoms with Crippen molar-refractivity contribution >= 4 is 27.5 Å². The van der Waals surface area contributed by atoms with E-state index in [1.165, 1.54) is 16.6 Å². The Balaban J connectivity index is 1.93. The fourth-order valence-corrected chi connectivity index (χ4v) is 4.69. The molecule has 1 unspecified atom stereocenters. The second-order valence-electron chi connectivity index (χ2n) is 6.16. The predicted molar refractivity (Wildman–Crippen MR) is 94.8 cm³/mol. The zero-order valence-electron chi connectivity index (χ0n) is 14.4. The van der Waals surface area contributed by atoms with Crippen molar-refractivity contribution in [1.29, 1.82) is 0 Å². The summed E-state index contributed by atoms with van der Waals surface area (Å²) in [5, 5.41) is 2.93. The maximum absolute atomic E-state index is 12.7. The molecule has 1 atom stereocenters. The van der Waals surface area contributed by atoms with Crippen LogP contribution in [-0.2, 0) is 19.6 Å². The normalized spacial score (nSPS) is 18.0. The largest absolute Gasteiger partial charge is 0.385 e. The van der Waals surface area contributed by atoms with Gasteiger partial charge in [-0.25, -0.2) is 13.4 Å². The summed E-state index contributed by atoms with van der Waals surface area (Å²) in [4.78, 5) is 16.1. The van der Waals surface area contributed by atoms with E-state index in [1.807, 2.05) is 6.92 Å². The van der Waals surface area contributed by atoms with Gasteiger partial charge in [-0.1, -0.05) is 11.6 Å². The van der Waals surface area contributed by atoms with Gasteiger partial charge in [-0.05, 0) is 38.3 Å². The lowest BCUT2D eigenvalue weighted by molar-refractivity contribution is -0.126. The fraction of sp³-hybridized carbons (Fsp3) is 0.625. The summed E-state index contributed by atoms with van der Waals surface area (Å²) in [7, 11) is -2.06. The van der Waals surface area contributed by atoms with Crippen molar-refractivity contribution in [1.82, 2.24) is 14.6 Å². The van der Waals surface area contributed by atoms with Crippen LogP contribution in [0.5, 0.6) is 0 Å². The summed E-state index contributed by atoms with van der Waals surface area (Å²) in [6, 6.07) is 3.02. The van der Waals surface area contributed by atoms with Crippen LogP contribution in [0.3, 0.4) is 0 Å². The van der Waals surface area contributed by atoms with Gasteiger partial charge in [-0.2, -0.15) is 4.31 Å². The van der Waals surface area contributed by atoms with Crippen LogP contribution in [0.4, 0.5) is 0 Å². The number of aromatic nitrogens is 1. The first-order valence-electron chi connectivity index (χ1n) is 8.26. The van der Waals surface area contributed by atoms with E-state index in [4.69, 9.17) is 16.3 Å². The summed E-state index contributed by atoms with van der Waals surface area (Å²) < 4.78 is 31.7. The third kappa shape index (κ3) is 5.13. The van der Waals surface area contributed by atoms with Crippen LogP contribution >= 0.6 is 11.6 Å². The molecule has 1 aliphatic heterocycles. The van der Waals surface area contributed by atoms with Crippen molar-refractivity contribution in [3.63, 3.8) is 0 Å². The molecule has 0 saturated carbocycles. The fourth-order valence-electron chi connectivity index (χ4n) is 2.79. The Labute approximate surface area is 153 Å². The minimum atomic E-state index is -3.69. The van der Waals surface area contributed by atoms with E-state index in [1.54, 1.807) is 13.2 Å². The van der Waals surface area contributed by atoms with Crippen LogP contribution in [0.2, 0.25) is 5.15 Å². The number of nitrogens with one attached hydrogen (secondary N) is 1. The van der Waals surface area contributed by atoms with Crippen LogP contribution in [0.15, 0.2) is 23.2 Å². The average Bonchev–Trinajstić information content (AvgIpc) is 2.60. The Morgan fingerprint density at radius 3 is 2.76 bits per heavy atom. The average molecular weight is 390 g/mol. The summed E-state index contributed by atoms with van der Waals surface area (Å²) in [5.74, 6) is -0.208. The number of ether oxygens (including phenoxy) is 1. The second-order valence-corrected chi connectivity index (χ2v) is 8.43. The molecule has 1 saturated heterocycles. The van der Waals surface area contributed by atoms with Crippen LogP contribution in [0, 0.1) is 5.92 Å². The quantitative estimate of drug-likeness (QED) is 0.716. The highest BCUT2D eigenvalue weighted by molar-refractivity contribution is 7.89. The number of piperidine rings is 1. The molecular formula is C16H24ClN3O4S. The highest BCUT2D eigenvalue weighted by atomic mass is 35.5. The number of pyridine rings is 1. The smallest absolute Gasteiger partial charge is 0.246 e. The summed E-state index contributed by atoms with van der Waals surface area (Å²) in [5.41, 5.74) is 0. The highest BCUT2D eigenvalue weighted by Crippen LogP contribution is 2.27. The van der Waals surface area contributed by atoms with Gasteiger partial charge in [0.25, 0.3) is 0 Å². The number of methoxy groups -OCH3 is 1. The molecule has 0 radical (unpaired) electrons. The number of hydrogen-bond acceptors (Lipinski definition) is 5. The van der Waals surface area contributed by atoms with E-state index in [-0.39, 0.29) is 41.0 Å². The zero-order chi connectivity index (χ0) is 18.4. The van der Waals surface area contributed by atoms with Gasteiger partial charge in [0.15, 0.2) is 0 Å². The minimum Gasteiger partial charge on any atom is -0.385 e. The van der Waals surface area contributed by atoms with E-state index in [0.29, 0.717) is 19.4 Å². The molecule has 2 rings (SSSR count). The van der Waals surface area contributed by atoms with Crippen LogP contribution in [0.1, 0.15) is 26.2 Å². The van der Waals surface area contributed by atoms with Crippen molar-refractivity contribution in [2.75, 3.05) is 26.8 Å². The Kier molecular flexibility index (Phi) is 7.18. The molecule has 0 bridgehead atoms. The topological polar surface area (TPSA) is 88.6 Å². The van der Waals surface area contributed by atoms with Gasteiger partial charge in [-0.3, -0.25) is 4.79 Å². The van der Waals surface area contributed by atoms with E-state index in [0.717, 1.165) is 6.42 Å². The molecular weight excluding hydrogens is 366 g/mol. The summed E-state index contributed by atoms with van der Waals surface area (Å²) in [6.45, 7) is 3.10. The second kappa shape index (κ2) is 8.93. The molecule has 1 amide bonds. The molecule has 0 aliphatic carbocycles. The Morgan fingerprint density at radius 1 is 1.48 bits per heavy atom. The van der Waals surface area contributed by atoms with E-state index in [2.05, 4.69) is 10.3 Å². The summed E-state index contributed by atoms with van der Waals surface area (Å²) in [6.07, 6.45) is 3.16. The Bertz CT molecular complexity index is 690. The van der Waals surface area contributed by atoms with Crippen molar-refractivity contribution in [3.05, 3.63) is 23.5 Å². The van der Waals surface area contributed by atoms with Gasteiger partial charge in [0.2, 0.25) is 15.9 Å². The van der Waals surface area contributed by atoms with E-state index < -0.39 is 10.0 Å². The van der Waals surface area contributed by atoms with E-state index >= 15 is 0 Å². The Hall–Kier alpha value is -1.22. The molecule has 0 spiro atoms. The number of hydrogen-bond donors (Lipinski definition) is 1. The molecule has 1 N–H and O–H groups in total. The predicted octanol–water partition coefficient (Wildman–Crippen LogP) is 1.68. The van der Waals surface area contributed by atoms with Gasteiger partial charge in [0.1, 0.15) is 10.0 Å². The van der Waals surface area contributed by atoms with Gasteiger partial charge in [0.05, 0.1) is 0 Å². The SMILES string of the molecule is COCCC(C)NC(=O)C1CCN(S(=O)(=O)c2cccnc2Cl)CC1. The van der Waals surface area contributed by atoms with Crippen LogP contribution in [-0.4, -0.2) is 56.5 Å². The van der Waals surface area contributed by atoms with Crippen molar-refractivity contribution in [2.45, 2.75) is 37.1 Å². The molecule has 1 fully saturated rings. The van der Waals surface area contributed by atoms with Crippen molar-refractivity contribution in [3.8, 4) is 0 Å². The number of nitrogens with zero attached hydrogens (tertiary/aromatic N) is 2. The number of carbonyl (C=O) groups is 1. The van der Waals surface area contributed by atoms with Gasteiger partial charge < -0.3 is 10.1 Å². The molecule has 2 heterocycles. The summed E-state index contributed by atoms with van der Waals surface area (Å²) >= 11 is 5.91. The number of halogens is 1. The lowest BCUT2D eigenvalue weighted by Gasteiger charge is -2.31. The van der Waals surface area contributed by atoms with Crippen LogP contribution < -0.4 is 5.32 Å². The maximum Gasteiger partial charge on any atom is 0.246 e. The number of rotatable bonds is 7. The number of sulfonamides is 1. The monoisotopic (exact) mass is 389 g/mol. The first-order chi connectivity index (χ1) is 11.9. The minimum absolute atomic E-state index is 0.00718. The highest BCUT2D eigenvalue weighted by Gasteiger charge is 2.33. The van der Waals surface area contributed by atoms with Crippen molar-refractivity contribution < 1.29 is 17.9 Å². The maximum atomic E-state index is 12.7. The molecule has 7 nitrogen and oxygen atoms in total. The first kappa shape index (κ1) is 20.1. The molecule has 1 aromatic heterocycles. The van der Waals surface area contributed by atoms with Gasteiger partial charge in [-0.15, -0.1) is 0 Å². The molecule has 9 heteroatoms. The van der Waals surface area contributed by atoms with Crippen LogP contribution in [0.25, 0.3) is 0 Å². The lowest BCUT2D eigenvalue weighted by Crippen LogP contribution is -2.45. The van der Waals surface area contributed by atoms with Crippen molar-refractivity contribution in [2.24, 2.45) is 5.92 Å². The molecule has 0 aromatic carbocycles. The third-order valence-electron chi connectivity index (χ3n) is 4.31. The molecule has 1 aromatic rings. The molecule has 1 aliphatic rings. The molecule has 140 valence electrons. The van der Waals surface area contributed by atoms with E-state index in [9.17, 15) is 13.2 Å². The third-order valence-corrected chi connectivity index (χ3v) is 6.65. The first-order valence-corrected chi connectivity index (χ1v) is 10.1. The van der Waals surface area contributed by atoms with Gasteiger partial charge in [0, 0.05) is 45.0 Å².